The Labute approximate surface area is 138 Å². The Kier molecular flexibility index (Phi) is 4.72. The Hall–Kier alpha value is -2.92. The van der Waals surface area contributed by atoms with Crippen molar-refractivity contribution in [1.29, 1.82) is 0 Å². The predicted molar refractivity (Wildman–Crippen MR) is 89.7 cm³/mol. The first kappa shape index (κ1) is 16.0. The number of fused-ring (bicyclic) bond motifs is 1. The number of hydrogen-bond donors (Lipinski definition) is 1. The zero-order chi connectivity index (χ0) is 16.9. The third-order valence-electron chi connectivity index (χ3n) is 3.58. The highest BCUT2D eigenvalue weighted by Gasteiger charge is 2.13. The van der Waals surface area contributed by atoms with E-state index in [1.807, 2.05) is 30.3 Å². The SMILES string of the molecule is O=C(Cc1cccc2c(=O)cc(-c3ccccc3)oc12)OCCO. The molecule has 0 unspecified atom stereocenters. The highest BCUT2D eigenvalue weighted by Crippen LogP contribution is 2.24. The third-order valence-corrected chi connectivity index (χ3v) is 3.58. The van der Waals surface area contributed by atoms with E-state index in [9.17, 15) is 9.59 Å². The Balaban J connectivity index is 2.06. The molecule has 0 fully saturated rings. The van der Waals surface area contributed by atoms with Crippen LogP contribution in [0.4, 0.5) is 0 Å². The van der Waals surface area contributed by atoms with Gasteiger partial charge in [-0.2, -0.15) is 0 Å². The largest absolute Gasteiger partial charge is 0.463 e. The number of esters is 1. The first-order valence-corrected chi connectivity index (χ1v) is 7.56. The van der Waals surface area contributed by atoms with Gasteiger partial charge < -0.3 is 14.3 Å². The van der Waals surface area contributed by atoms with E-state index in [0.29, 0.717) is 22.3 Å². The highest BCUT2D eigenvalue weighted by atomic mass is 16.5. The zero-order valence-electron chi connectivity index (χ0n) is 12.9. The number of aliphatic hydroxyl groups is 1. The molecule has 0 amide bonds. The van der Waals surface area contributed by atoms with E-state index in [-0.39, 0.29) is 25.1 Å². The summed E-state index contributed by atoms with van der Waals surface area (Å²) in [4.78, 5) is 24.2. The summed E-state index contributed by atoms with van der Waals surface area (Å²) in [5.41, 5.74) is 1.57. The molecule has 5 nitrogen and oxygen atoms in total. The second-order valence-corrected chi connectivity index (χ2v) is 5.26. The average molecular weight is 324 g/mol. The van der Waals surface area contributed by atoms with Crippen LogP contribution in [0.2, 0.25) is 0 Å². The van der Waals surface area contributed by atoms with E-state index in [2.05, 4.69) is 0 Å². The van der Waals surface area contributed by atoms with Gasteiger partial charge in [-0.3, -0.25) is 9.59 Å². The minimum Gasteiger partial charge on any atom is -0.463 e. The van der Waals surface area contributed by atoms with E-state index in [0.717, 1.165) is 5.56 Å². The molecule has 1 N–H and O–H groups in total. The highest BCUT2D eigenvalue weighted by molar-refractivity contribution is 5.85. The monoisotopic (exact) mass is 324 g/mol. The lowest BCUT2D eigenvalue weighted by molar-refractivity contribution is -0.143. The molecular weight excluding hydrogens is 308 g/mol. The van der Waals surface area contributed by atoms with Crippen molar-refractivity contribution < 1.29 is 19.1 Å². The van der Waals surface area contributed by atoms with E-state index < -0.39 is 5.97 Å². The van der Waals surface area contributed by atoms with E-state index in [4.69, 9.17) is 14.3 Å². The van der Waals surface area contributed by atoms with Crippen LogP contribution in [0.5, 0.6) is 0 Å². The van der Waals surface area contributed by atoms with Crippen LogP contribution in [0.25, 0.3) is 22.3 Å². The summed E-state index contributed by atoms with van der Waals surface area (Å²) < 4.78 is 10.8. The normalized spacial score (nSPS) is 10.7. The van der Waals surface area contributed by atoms with Gasteiger partial charge in [0.15, 0.2) is 5.43 Å². The van der Waals surface area contributed by atoms with Crippen molar-refractivity contribution in [3.63, 3.8) is 0 Å². The molecular formula is C19H16O5. The van der Waals surface area contributed by atoms with Gasteiger partial charge in [0.1, 0.15) is 18.0 Å². The second-order valence-electron chi connectivity index (χ2n) is 5.26. The number of aliphatic hydroxyl groups excluding tert-OH is 1. The van der Waals surface area contributed by atoms with Crippen molar-refractivity contribution in [3.05, 3.63) is 70.4 Å². The maximum atomic E-state index is 12.4. The maximum absolute atomic E-state index is 12.4. The van der Waals surface area contributed by atoms with Gasteiger partial charge in [0.05, 0.1) is 18.4 Å². The topological polar surface area (TPSA) is 76.7 Å². The minimum absolute atomic E-state index is 0.0292. The number of hydrogen-bond acceptors (Lipinski definition) is 5. The van der Waals surface area contributed by atoms with Crippen LogP contribution < -0.4 is 5.43 Å². The van der Waals surface area contributed by atoms with Gasteiger partial charge in [-0.1, -0.05) is 42.5 Å². The van der Waals surface area contributed by atoms with E-state index in [1.165, 1.54) is 6.07 Å². The average Bonchev–Trinajstić information content (AvgIpc) is 2.61. The van der Waals surface area contributed by atoms with Crippen molar-refractivity contribution in [2.24, 2.45) is 0 Å². The van der Waals surface area contributed by atoms with Gasteiger partial charge in [-0.15, -0.1) is 0 Å². The summed E-state index contributed by atoms with van der Waals surface area (Å²) >= 11 is 0. The smallest absolute Gasteiger partial charge is 0.310 e. The van der Waals surface area contributed by atoms with Crippen LogP contribution >= 0.6 is 0 Å². The molecule has 0 spiro atoms. The first-order chi connectivity index (χ1) is 11.7. The lowest BCUT2D eigenvalue weighted by Gasteiger charge is -2.08. The Bertz CT molecular complexity index is 912. The number of para-hydroxylation sites is 1. The maximum Gasteiger partial charge on any atom is 0.310 e. The molecule has 0 saturated carbocycles. The molecule has 24 heavy (non-hydrogen) atoms. The molecule has 5 heteroatoms. The van der Waals surface area contributed by atoms with Crippen LogP contribution in [0.15, 0.2) is 63.8 Å². The number of ether oxygens (including phenoxy) is 1. The molecule has 0 aliphatic heterocycles. The van der Waals surface area contributed by atoms with Crippen LogP contribution in [-0.2, 0) is 16.0 Å². The van der Waals surface area contributed by atoms with Crippen LogP contribution in [0, 0.1) is 0 Å². The fraction of sp³-hybridized carbons (Fsp3) is 0.158. The quantitative estimate of drug-likeness (QED) is 0.730. The van der Waals surface area contributed by atoms with E-state index >= 15 is 0 Å². The summed E-state index contributed by atoms with van der Waals surface area (Å²) in [5.74, 6) is -0.0337. The fourth-order valence-electron chi connectivity index (χ4n) is 2.49. The number of carbonyl (C=O) groups excluding carboxylic acids is 1. The van der Waals surface area contributed by atoms with E-state index in [1.54, 1.807) is 18.2 Å². The summed E-state index contributed by atoms with van der Waals surface area (Å²) in [5, 5.41) is 9.13. The molecule has 2 aromatic carbocycles. The van der Waals surface area contributed by atoms with Gasteiger partial charge >= 0.3 is 5.97 Å². The Morgan fingerprint density at radius 3 is 2.62 bits per heavy atom. The number of rotatable bonds is 5. The van der Waals surface area contributed by atoms with Crippen molar-refractivity contribution >= 4 is 16.9 Å². The molecule has 122 valence electrons. The van der Waals surface area contributed by atoms with Crippen molar-refractivity contribution in [2.75, 3.05) is 13.2 Å². The molecule has 1 aromatic heterocycles. The predicted octanol–water partition coefficient (Wildman–Crippen LogP) is 2.54. The molecule has 1 heterocycles. The van der Waals surface area contributed by atoms with Crippen molar-refractivity contribution in [1.82, 2.24) is 0 Å². The third kappa shape index (κ3) is 3.36. The molecule has 0 aliphatic carbocycles. The second kappa shape index (κ2) is 7.10. The minimum atomic E-state index is -0.482. The van der Waals surface area contributed by atoms with Crippen LogP contribution in [-0.4, -0.2) is 24.3 Å². The molecule has 0 bridgehead atoms. The number of carbonyl (C=O) groups is 1. The van der Waals surface area contributed by atoms with Gasteiger partial charge in [-0.05, 0) is 6.07 Å². The van der Waals surface area contributed by atoms with Gasteiger partial charge in [-0.25, -0.2) is 0 Å². The summed E-state index contributed by atoms with van der Waals surface area (Å²) in [6.45, 7) is -0.280. The molecule has 3 aromatic rings. The molecule has 0 aliphatic rings. The zero-order valence-corrected chi connectivity index (χ0v) is 12.9. The van der Waals surface area contributed by atoms with Crippen LogP contribution in [0.3, 0.4) is 0 Å². The Morgan fingerprint density at radius 1 is 1.08 bits per heavy atom. The standard InChI is InChI=1S/C19H16O5/c20-9-10-23-18(22)11-14-7-4-8-15-16(21)12-17(24-19(14)15)13-5-2-1-3-6-13/h1-8,12,20H,9-11H2. The lowest BCUT2D eigenvalue weighted by Crippen LogP contribution is -2.12. The summed E-state index contributed by atoms with van der Waals surface area (Å²) in [6, 6.07) is 15.8. The molecule has 0 radical (unpaired) electrons. The molecule has 0 atom stereocenters. The summed E-state index contributed by atoms with van der Waals surface area (Å²) in [6.07, 6.45) is -0.0292. The molecule has 3 rings (SSSR count). The van der Waals surface area contributed by atoms with Gasteiger partial charge in [0.25, 0.3) is 0 Å². The van der Waals surface area contributed by atoms with Gasteiger partial charge in [0.2, 0.25) is 0 Å². The first-order valence-electron chi connectivity index (χ1n) is 7.56. The van der Waals surface area contributed by atoms with Crippen molar-refractivity contribution in [2.45, 2.75) is 6.42 Å². The van der Waals surface area contributed by atoms with Crippen molar-refractivity contribution in [3.8, 4) is 11.3 Å². The summed E-state index contributed by atoms with van der Waals surface area (Å²) in [7, 11) is 0. The Morgan fingerprint density at radius 2 is 1.88 bits per heavy atom. The molecule has 0 saturated heterocycles. The number of benzene rings is 2. The lowest BCUT2D eigenvalue weighted by atomic mass is 10.1. The fourth-order valence-corrected chi connectivity index (χ4v) is 2.49. The van der Waals surface area contributed by atoms with Gasteiger partial charge in [0, 0.05) is 17.2 Å². The van der Waals surface area contributed by atoms with Crippen LogP contribution in [0.1, 0.15) is 5.56 Å².